The molecule has 1 heterocycles. The highest BCUT2D eigenvalue weighted by Crippen LogP contribution is 2.26. The summed E-state index contributed by atoms with van der Waals surface area (Å²) in [6.45, 7) is 0. The molecule has 5 heteroatoms. The van der Waals surface area contributed by atoms with Crippen LogP contribution in [0.4, 0.5) is 5.69 Å². The van der Waals surface area contributed by atoms with Gasteiger partial charge in [-0.15, -0.1) is 0 Å². The second-order valence-corrected chi connectivity index (χ2v) is 4.41. The molecule has 0 saturated carbocycles. The SMILES string of the molecule is O=C1NC(O)N(C(=O)c2ccccc2)c2ccccc21. The summed E-state index contributed by atoms with van der Waals surface area (Å²) < 4.78 is 0. The molecule has 1 unspecified atom stereocenters. The summed E-state index contributed by atoms with van der Waals surface area (Å²) in [6, 6.07) is 15.3. The molecular formula is C15H12N2O3. The van der Waals surface area contributed by atoms with Gasteiger partial charge in [-0.25, -0.2) is 0 Å². The van der Waals surface area contributed by atoms with E-state index >= 15 is 0 Å². The molecule has 1 aliphatic rings. The highest BCUT2D eigenvalue weighted by molar-refractivity contribution is 6.12. The van der Waals surface area contributed by atoms with Crippen molar-refractivity contribution >= 4 is 17.5 Å². The number of hydrogen-bond donors (Lipinski definition) is 2. The van der Waals surface area contributed by atoms with Crippen molar-refractivity contribution in [1.82, 2.24) is 5.32 Å². The first-order valence-corrected chi connectivity index (χ1v) is 6.15. The number of hydrogen-bond acceptors (Lipinski definition) is 3. The molecule has 100 valence electrons. The van der Waals surface area contributed by atoms with E-state index in [9.17, 15) is 14.7 Å². The summed E-state index contributed by atoms with van der Waals surface area (Å²) in [7, 11) is 0. The number of amides is 2. The monoisotopic (exact) mass is 268 g/mol. The first-order chi connectivity index (χ1) is 9.68. The maximum atomic E-state index is 12.5. The lowest BCUT2D eigenvalue weighted by molar-refractivity contribution is 0.0686. The van der Waals surface area contributed by atoms with Crippen LogP contribution in [0, 0.1) is 0 Å². The molecule has 0 radical (unpaired) electrons. The Kier molecular flexibility index (Phi) is 2.96. The zero-order chi connectivity index (χ0) is 14.1. The quantitative estimate of drug-likeness (QED) is 0.820. The molecule has 0 saturated heterocycles. The van der Waals surface area contributed by atoms with Gasteiger partial charge < -0.3 is 10.4 Å². The van der Waals surface area contributed by atoms with Crippen molar-refractivity contribution in [2.24, 2.45) is 0 Å². The zero-order valence-corrected chi connectivity index (χ0v) is 10.5. The van der Waals surface area contributed by atoms with Crippen LogP contribution in [0.25, 0.3) is 0 Å². The van der Waals surface area contributed by atoms with Crippen LogP contribution >= 0.6 is 0 Å². The van der Waals surface area contributed by atoms with Gasteiger partial charge in [-0.3, -0.25) is 14.5 Å². The molecule has 3 rings (SSSR count). The van der Waals surface area contributed by atoms with Crippen molar-refractivity contribution in [2.75, 3.05) is 4.90 Å². The van der Waals surface area contributed by atoms with E-state index in [-0.39, 0.29) is 5.91 Å². The summed E-state index contributed by atoms with van der Waals surface area (Å²) in [5.74, 6) is -0.768. The maximum Gasteiger partial charge on any atom is 0.261 e. The molecule has 5 nitrogen and oxygen atoms in total. The number of fused-ring (bicyclic) bond motifs is 1. The van der Waals surface area contributed by atoms with Gasteiger partial charge in [0.05, 0.1) is 11.3 Å². The Morgan fingerprint density at radius 2 is 1.70 bits per heavy atom. The summed E-state index contributed by atoms with van der Waals surface area (Å²) in [4.78, 5) is 25.5. The topological polar surface area (TPSA) is 69.6 Å². The average Bonchev–Trinajstić information content (AvgIpc) is 2.48. The third-order valence-electron chi connectivity index (χ3n) is 3.15. The van der Waals surface area contributed by atoms with Crippen molar-refractivity contribution < 1.29 is 14.7 Å². The molecule has 0 bridgehead atoms. The van der Waals surface area contributed by atoms with E-state index in [1.807, 2.05) is 0 Å². The minimum atomic E-state index is -1.37. The van der Waals surface area contributed by atoms with E-state index in [4.69, 9.17) is 0 Å². The van der Waals surface area contributed by atoms with Gasteiger partial charge in [-0.1, -0.05) is 30.3 Å². The fraction of sp³-hybridized carbons (Fsp3) is 0.0667. The van der Waals surface area contributed by atoms with E-state index < -0.39 is 12.3 Å². The van der Waals surface area contributed by atoms with Gasteiger partial charge in [0.1, 0.15) is 0 Å². The van der Waals surface area contributed by atoms with Gasteiger partial charge >= 0.3 is 0 Å². The average molecular weight is 268 g/mol. The molecule has 20 heavy (non-hydrogen) atoms. The Balaban J connectivity index is 2.07. The van der Waals surface area contributed by atoms with E-state index in [1.54, 1.807) is 54.6 Å². The second kappa shape index (κ2) is 4.79. The number of para-hydroxylation sites is 1. The van der Waals surface area contributed by atoms with Crippen LogP contribution in [0.5, 0.6) is 0 Å². The van der Waals surface area contributed by atoms with Crippen molar-refractivity contribution in [2.45, 2.75) is 6.35 Å². The number of nitrogens with one attached hydrogen (secondary N) is 1. The Bertz CT molecular complexity index is 670. The summed E-state index contributed by atoms with van der Waals surface area (Å²) >= 11 is 0. The van der Waals surface area contributed by atoms with Crippen LogP contribution in [0.15, 0.2) is 54.6 Å². The second-order valence-electron chi connectivity index (χ2n) is 4.41. The fourth-order valence-electron chi connectivity index (χ4n) is 2.21. The smallest absolute Gasteiger partial charge is 0.261 e. The number of carbonyl (C=O) groups excluding carboxylic acids is 2. The highest BCUT2D eigenvalue weighted by atomic mass is 16.3. The normalized spacial score (nSPS) is 17.4. The lowest BCUT2D eigenvalue weighted by Gasteiger charge is -2.33. The largest absolute Gasteiger partial charge is 0.356 e. The highest BCUT2D eigenvalue weighted by Gasteiger charge is 2.33. The third-order valence-corrected chi connectivity index (χ3v) is 3.15. The molecule has 0 aromatic heterocycles. The van der Waals surface area contributed by atoms with Crippen LogP contribution < -0.4 is 10.2 Å². The van der Waals surface area contributed by atoms with E-state index in [0.29, 0.717) is 16.8 Å². The Labute approximate surface area is 115 Å². The van der Waals surface area contributed by atoms with Gasteiger partial charge in [0, 0.05) is 5.56 Å². The minimum absolute atomic E-state index is 0.363. The van der Waals surface area contributed by atoms with Gasteiger partial charge in [-0.2, -0.15) is 0 Å². The standard InChI is InChI=1S/C15H12N2O3/c18-13-11-8-4-5-9-12(11)17(15(20)16-13)14(19)10-6-2-1-3-7-10/h1-9,15,20H,(H,16,18). The Morgan fingerprint density at radius 3 is 2.45 bits per heavy atom. The van der Waals surface area contributed by atoms with Crippen molar-refractivity contribution in [3.8, 4) is 0 Å². The number of aliphatic hydroxyl groups is 1. The summed E-state index contributed by atoms with van der Waals surface area (Å²) in [6.07, 6.45) is -1.37. The molecule has 1 aliphatic heterocycles. The van der Waals surface area contributed by atoms with E-state index in [2.05, 4.69) is 5.32 Å². The number of anilines is 1. The lowest BCUT2D eigenvalue weighted by atomic mass is 10.1. The molecule has 0 fully saturated rings. The van der Waals surface area contributed by atoms with Crippen LogP contribution in [-0.4, -0.2) is 23.3 Å². The van der Waals surface area contributed by atoms with Crippen LogP contribution in [0.1, 0.15) is 20.7 Å². The van der Waals surface area contributed by atoms with Crippen molar-refractivity contribution in [3.63, 3.8) is 0 Å². The molecule has 2 N–H and O–H groups in total. The van der Waals surface area contributed by atoms with Gasteiger partial charge in [0.15, 0.2) is 0 Å². The number of benzene rings is 2. The van der Waals surface area contributed by atoms with Crippen molar-refractivity contribution in [1.29, 1.82) is 0 Å². The van der Waals surface area contributed by atoms with Gasteiger partial charge in [0.2, 0.25) is 6.35 Å². The fourth-order valence-corrected chi connectivity index (χ4v) is 2.21. The number of nitrogens with zero attached hydrogens (tertiary/aromatic N) is 1. The third kappa shape index (κ3) is 1.94. The number of aliphatic hydroxyl groups excluding tert-OH is 1. The summed E-state index contributed by atoms with van der Waals surface area (Å²) in [5.41, 5.74) is 1.21. The maximum absolute atomic E-state index is 12.5. The van der Waals surface area contributed by atoms with Crippen LogP contribution in [-0.2, 0) is 0 Å². The molecular weight excluding hydrogens is 256 g/mol. The lowest BCUT2D eigenvalue weighted by Crippen LogP contribution is -2.55. The van der Waals surface area contributed by atoms with E-state index in [0.717, 1.165) is 0 Å². The van der Waals surface area contributed by atoms with Crippen molar-refractivity contribution in [3.05, 3.63) is 65.7 Å². The predicted octanol–water partition coefficient (Wildman–Crippen LogP) is 1.35. The number of carbonyl (C=O) groups is 2. The Hall–Kier alpha value is -2.66. The van der Waals surface area contributed by atoms with Crippen LogP contribution in [0.3, 0.4) is 0 Å². The summed E-state index contributed by atoms with van der Waals surface area (Å²) in [5, 5.41) is 12.3. The number of rotatable bonds is 1. The van der Waals surface area contributed by atoms with Gasteiger partial charge in [0.25, 0.3) is 11.8 Å². The molecule has 2 amide bonds. The molecule has 0 aliphatic carbocycles. The molecule has 0 spiro atoms. The molecule has 1 atom stereocenters. The zero-order valence-electron chi connectivity index (χ0n) is 10.5. The minimum Gasteiger partial charge on any atom is -0.356 e. The Morgan fingerprint density at radius 1 is 1.05 bits per heavy atom. The van der Waals surface area contributed by atoms with E-state index in [1.165, 1.54) is 4.90 Å². The van der Waals surface area contributed by atoms with Gasteiger partial charge in [-0.05, 0) is 24.3 Å². The van der Waals surface area contributed by atoms with Crippen LogP contribution in [0.2, 0.25) is 0 Å². The molecule has 2 aromatic carbocycles. The molecule has 2 aromatic rings. The first-order valence-electron chi connectivity index (χ1n) is 6.15. The first kappa shape index (κ1) is 12.4. The predicted molar refractivity (Wildman–Crippen MR) is 73.2 cm³/mol.